The van der Waals surface area contributed by atoms with Gasteiger partial charge in [0.15, 0.2) is 0 Å². The molecule has 0 saturated heterocycles. The van der Waals surface area contributed by atoms with E-state index < -0.39 is 6.29 Å². The second kappa shape index (κ2) is 7.04. The first-order valence-electron chi connectivity index (χ1n) is 6.26. The van der Waals surface area contributed by atoms with E-state index in [1.165, 1.54) is 0 Å². The second-order valence-corrected chi connectivity index (χ2v) is 4.83. The normalized spacial score (nSPS) is 11.2. The first-order chi connectivity index (χ1) is 9.63. The smallest absolute Gasteiger partial charge is 0.204 e. The van der Waals surface area contributed by atoms with Crippen molar-refractivity contribution in [1.82, 2.24) is 15.0 Å². The van der Waals surface area contributed by atoms with Gasteiger partial charge in [0.25, 0.3) is 0 Å². The fourth-order valence-electron chi connectivity index (χ4n) is 1.70. The van der Waals surface area contributed by atoms with Gasteiger partial charge in [0, 0.05) is 23.3 Å². The van der Waals surface area contributed by atoms with Crippen molar-refractivity contribution < 1.29 is 9.47 Å². The van der Waals surface area contributed by atoms with Gasteiger partial charge in [-0.05, 0) is 32.0 Å². The van der Waals surface area contributed by atoms with E-state index in [9.17, 15) is 0 Å². The molecule has 0 aliphatic heterocycles. The third-order valence-corrected chi connectivity index (χ3v) is 2.94. The summed E-state index contributed by atoms with van der Waals surface area (Å²) in [5.41, 5.74) is 1.33. The quantitative estimate of drug-likeness (QED) is 0.763. The maximum atomic E-state index is 5.97. The van der Waals surface area contributed by atoms with Crippen molar-refractivity contribution in [3.8, 4) is 5.69 Å². The SMILES string of the molecule is CCOC(OCC)c1cn(-c2cc(Cl)cc(Cl)c2)nn1. The minimum Gasteiger partial charge on any atom is -0.347 e. The molecule has 1 heterocycles. The van der Waals surface area contributed by atoms with Crippen LogP contribution in [-0.4, -0.2) is 28.2 Å². The second-order valence-electron chi connectivity index (χ2n) is 3.96. The minimum absolute atomic E-state index is 0.520. The van der Waals surface area contributed by atoms with Gasteiger partial charge in [0.2, 0.25) is 6.29 Å². The fraction of sp³-hybridized carbons (Fsp3) is 0.385. The molecule has 0 spiro atoms. The maximum absolute atomic E-state index is 5.97. The molecule has 0 amide bonds. The molecule has 20 heavy (non-hydrogen) atoms. The Bertz CT molecular complexity index is 548. The average molecular weight is 316 g/mol. The largest absolute Gasteiger partial charge is 0.347 e. The summed E-state index contributed by atoms with van der Waals surface area (Å²) < 4.78 is 12.5. The first kappa shape index (κ1) is 15.3. The number of aromatic nitrogens is 3. The fourth-order valence-corrected chi connectivity index (χ4v) is 2.22. The average Bonchev–Trinajstić information content (AvgIpc) is 2.87. The highest BCUT2D eigenvalue weighted by Crippen LogP contribution is 2.23. The molecule has 2 rings (SSSR count). The van der Waals surface area contributed by atoms with Crippen molar-refractivity contribution in [3.63, 3.8) is 0 Å². The molecule has 0 aliphatic rings. The van der Waals surface area contributed by atoms with E-state index in [1.807, 2.05) is 13.8 Å². The molecule has 0 saturated carbocycles. The van der Waals surface area contributed by atoms with Crippen LogP contribution >= 0.6 is 23.2 Å². The number of rotatable bonds is 6. The van der Waals surface area contributed by atoms with Crippen LogP contribution in [0.2, 0.25) is 10.0 Å². The van der Waals surface area contributed by atoms with Crippen molar-refractivity contribution in [2.45, 2.75) is 20.1 Å². The summed E-state index contributed by atoms with van der Waals surface area (Å²) in [4.78, 5) is 0. The number of ether oxygens (including phenoxy) is 2. The Morgan fingerprint density at radius 3 is 2.25 bits per heavy atom. The molecule has 0 N–H and O–H groups in total. The summed E-state index contributed by atoms with van der Waals surface area (Å²) >= 11 is 11.9. The molecular formula is C13H15Cl2N3O2. The number of halogens is 2. The van der Waals surface area contributed by atoms with E-state index in [-0.39, 0.29) is 0 Å². The van der Waals surface area contributed by atoms with Crippen LogP contribution in [0.3, 0.4) is 0 Å². The summed E-state index contributed by atoms with van der Waals surface area (Å²) in [6, 6.07) is 5.16. The van der Waals surface area contributed by atoms with Crippen LogP contribution in [0.15, 0.2) is 24.4 Å². The standard InChI is InChI=1S/C13H15Cl2N3O2/c1-3-19-13(20-4-2)12-8-18(17-16-12)11-6-9(14)5-10(15)7-11/h5-8,13H,3-4H2,1-2H3. The van der Waals surface area contributed by atoms with Crippen molar-refractivity contribution in [2.75, 3.05) is 13.2 Å². The molecule has 0 atom stereocenters. The van der Waals surface area contributed by atoms with E-state index in [0.29, 0.717) is 29.0 Å². The number of nitrogens with zero attached hydrogens (tertiary/aromatic N) is 3. The van der Waals surface area contributed by atoms with Crippen LogP contribution < -0.4 is 0 Å². The molecule has 7 heteroatoms. The lowest BCUT2D eigenvalue weighted by Gasteiger charge is -2.13. The van der Waals surface area contributed by atoms with Crippen molar-refractivity contribution in [2.24, 2.45) is 0 Å². The van der Waals surface area contributed by atoms with Gasteiger partial charge in [-0.15, -0.1) is 5.10 Å². The van der Waals surface area contributed by atoms with Crippen LogP contribution in [0.1, 0.15) is 25.8 Å². The zero-order valence-corrected chi connectivity index (χ0v) is 12.7. The third-order valence-electron chi connectivity index (χ3n) is 2.50. The van der Waals surface area contributed by atoms with Gasteiger partial charge in [-0.2, -0.15) is 0 Å². The highest BCUT2D eigenvalue weighted by molar-refractivity contribution is 6.34. The van der Waals surface area contributed by atoms with Gasteiger partial charge in [-0.3, -0.25) is 0 Å². The zero-order valence-electron chi connectivity index (χ0n) is 11.2. The van der Waals surface area contributed by atoms with Crippen LogP contribution in [0.5, 0.6) is 0 Å². The van der Waals surface area contributed by atoms with Crippen molar-refractivity contribution >= 4 is 23.2 Å². The Balaban J connectivity index is 2.27. The highest BCUT2D eigenvalue weighted by atomic mass is 35.5. The number of hydrogen-bond acceptors (Lipinski definition) is 4. The van der Waals surface area contributed by atoms with Crippen LogP contribution in [0.4, 0.5) is 0 Å². The van der Waals surface area contributed by atoms with Crippen molar-refractivity contribution in [1.29, 1.82) is 0 Å². The Labute approximate surface area is 127 Å². The highest BCUT2D eigenvalue weighted by Gasteiger charge is 2.16. The van der Waals surface area contributed by atoms with Crippen LogP contribution in [-0.2, 0) is 9.47 Å². The van der Waals surface area contributed by atoms with Gasteiger partial charge < -0.3 is 9.47 Å². The number of benzene rings is 1. The summed E-state index contributed by atoms with van der Waals surface area (Å²) in [6.07, 6.45) is 1.21. The van der Waals surface area contributed by atoms with E-state index in [2.05, 4.69) is 10.3 Å². The zero-order chi connectivity index (χ0) is 14.5. The summed E-state index contributed by atoms with van der Waals surface area (Å²) in [7, 11) is 0. The van der Waals surface area contributed by atoms with Gasteiger partial charge in [0.05, 0.1) is 11.9 Å². The summed E-state index contributed by atoms with van der Waals surface area (Å²) in [5, 5.41) is 9.19. The predicted molar refractivity (Wildman–Crippen MR) is 77.4 cm³/mol. The van der Waals surface area contributed by atoms with E-state index in [0.717, 1.165) is 5.69 Å². The lowest BCUT2D eigenvalue weighted by atomic mass is 10.3. The van der Waals surface area contributed by atoms with Gasteiger partial charge >= 0.3 is 0 Å². The van der Waals surface area contributed by atoms with E-state index >= 15 is 0 Å². The topological polar surface area (TPSA) is 49.2 Å². The molecule has 1 aromatic carbocycles. The summed E-state index contributed by atoms with van der Waals surface area (Å²) in [5.74, 6) is 0. The predicted octanol–water partition coefficient (Wildman–Crippen LogP) is 3.65. The molecule has 5 nitrogen and oxygen atoms in total. The molecule has 0 aliphatic carbocycles. The molecule has 0 unspecified atom stereocenters. The van der Waals surface area contributed by atoms with Crippen molar-refractivity contribution in [3.05, 3.63) is 40.1 Å². The molecule has 108 valence electrons. The molecule has 0 radical (unpaired) electrons. The molecule has 0 fully saturated rings. The minimum atomic E-state index is -0.520. The maximum Gasteiger partial charge on any atom is 0.204 e. The summed E-state index contributed by atoms with van der Waals surface area (Å²) in [6.45, 7) is 4.85. The lowest BCUT2D eigenvalue weighted by Crippen LogP contribution is -2.09. The Kier molecular flexibility index (Phi) is 5.37. The van der Waals surface area contributed by atoms with Crippen LogP contribution in [0.25, 0.3) is 5.69 Å². The molecule has 1 aromatic heterocycles. The Hall–Kier alpha value is -1.14. The Morgan fingerprint density at radius 1 is 1.10 bits per heavy atom. The Morgan fingerprint density at radius 2 is 1.70 bits per heavy atom. The first-order valence-corrected chi connectivity index (χ1v) is 7.01. The lowest BCUT2D eigenvalue weighted by molar-refractivity contribution is -0.142. The van der Waals surface area contributed by atoms with Gasteiger partial charge in [-0.25, -0.2) is 4.68 Å². The van der Waals surface area contributed by atoms with Gasteiger partial charge in [-0.1, -0.05) is 28.4 Å². The van der Waals surface area contributed by atoms with E-state index in [4.69, 9.17) is 32.7 Å². The number of hydrogen-bond donors (Lipinski definition) is 0. The van der Waals surface area contributed by atoms with E-state index in [1.54, 1.807) is 29.1 Å². The monoisotopic (exact) mass is 315 g/mol. The third kappa shape index (κ3) is 3.70. The molecule has 0 bridgehead atoms. The molecule has 2 aromatic rings. The van der Waals surface area contributed by atoms with Crippen LogP contribution in [0, 0.1) is 0 Å². The van der Waals surface area contributed by atoms with Gasteiger partial charge in [0.1, 0.15) is 5.69 Å². The molecular weight excluding hydrogens is 301 g/mol.